The SMILES string of the molecule is Cc1cc(NC(=S)Nc2cccc(C(C)C)c2)ccc1Cl. The van der Waals surface area contributed by atoms with Gasteiger partial charge < -0.3 is 10.6 Å². The van der Waals surface area contributed by atoms with Gasteiger partial charge in [0.1, 0.15) is 0 Å². The lowest BCUT2D eigenvalue weighted by Gasteiger charge is -2.13. The quantitative estimate of drug-likeness (QED) is 0.722. The summed E-state index contributed by atoms with van der Waals surface area (Å²) < 4.78 is 0. The van der Waals surface area contributed by atoms with E-state index in [1.165, 1.54) is 5.56 Å². The molecular weight excluding hydrogens is 300 g/mol. The molecule has 2 rings (SSSR count). The van der Waals surface area contributed by atoms with E-state index in [1.54, 1.807) is 0 Å². The van der Waals surface area contributed by atoms with Crippen LogP contribution >= 0.6 is 23.8 Å². The van der Waals surface area contributed by atoms with Crippen LogP contribution in [0.1, 0.15) is 30.9 Å². The van der Waals surface area contributed by atoms with Crippen LogP contribution in [-0.4, -0.2) is 5.11 Å². The Balaban J connectivity index is 2.04. The number of aryl methyl sites for hydroxylation is 1. The molecule has 2 aromatic rings. The molecule has 0 radical (unpaired) electrons. The standard InChI is InChI=1S/C17H19ClN2S/c1-11(2)13-5-4-6-14(10-13)19-17(21)20-15-7-8-16(18)12(3)9-15/h4-11H,1-3H3,(H2,19,20,21). The predicted molar refractivity (Wildman–Crippen MR) is 96.6 cm³/mol. The van der Waals surface area contributed by atoms with Crippen LogP contribution in [0.4, 0.5) is 11.4 Å². The van der Waals surface area contributed by atoms with E-state index in [0.717, 1.165) is 22.0 Å². The molecule has 0 aromatic heterocycles. The third kappa shape index (κ3) is 4.45. The second-order valence-corrected chi connectivity index (χ2v) is 6.14. The zero-order chi connectivity index (χ0) is 15.4. The molecule has 0 aliphatic rings. The van der Waals surface area contributed by atoms with E-state index in [-0.39, 0.29) is 0 Å². The van der Waals surface area contributed by atoms with Gasteiger partial charge in [0.15, 0.2) is 5.11 Å². The Morgan fingerprint density at radius 1 is 1.05 bits per heavy atom. The van der Waals surface area contributed by atoms with Gasteiger partial charge in [-0.25, -0.2) is 0 Å². The summed E-state index contributed by atoms with van der Waals surface area (Å²) in [6, 6.07) is 14.0. The maximum absolute atomic E-state index is 6.02. The predicted octanol–water partition coefficient (Wildman–Crippen LogP) is 5.58. The first-order valence-electron chi connectivity index (χ1n) is 6.90. The van der Waals surface area contributed by atoms with Gasteiger partial charge in [-0.15, -0.1) is 0 Å². The molecule has 0 unspecified atom stereocenters. The Morgan fingerprint density at radius 2 is 1.71 bits per heavy atom. The van der Waals surface area contributed by atoms with Gasteiger partial charge >= 0.3 is 0 Å². The normalized spacial score (nSPS) is 10.5. The Hall–Kier alpha value is -1.58. The van der Waals surface area contributed by atoms with Gasteiger partial charge in [0, 0.05) is 16.4 Å². The highest BCUT2D eigenvalue weighted by molar-refractivity contribution is 7.80. The molecule has 0 atom stereocenters. The number of thiocarbonyl (C=S) groups is 1. The monoisotopic (exact) mass is 318 g/mol. The average molecular weight is 319 g/mol. The van der Waals surface area contributed by atoms with Crippen molar-refractivity contribution in [2.24, 2.45) is 0 Å². The van der Waals surface area contributed by atoms with Crippen LogP contribution < -0.4 is 10.6 Å². The Morgan fingerprint density at radius 3 is 2.33 bits per heavy atom. The lowest BCUT2D eigenvalue weighted by Crippen LogP contribution is -2.19. The van der Waals surface area contributed by atoms with Crippen molar-refractivity contribution in [2.75, 3.05) is 10.6 Å². The summed E-state index contributed by atoms with van der Waals surface area (Å²) in [6.07, 6.45) is 0. The van der Waals surface area contributed by atoms with Gasteiger partial charge in [0.25, 0.3) is 0 Å². The van der Waals surface area contributed by atoms with Crippen LogP contribution in [-0.2, 0) is 0 Å². The van der Waals surface area contributed by atoms with E-state index in [4.69, 9.17) is 23.8 Å². The van der Waals surface area contributed by atoms with Crippen LogP contribution in [0, 0.1) is 6.92 Å². The molecule has 0 saturated carbocycles. The van der Waals surface area contributed by atoms with Crippen LogP contribution in [0.3, 0.4) is 0 Å². The molecule has 0 spiro atoms. The molecule has 2 aromatic carbocycles. The van der Waals surface area contributed by atoms with E-state index in [1.807, 2.05) is 37.3 Å². The van der Waals surface area contributed by atoms with Crippen molar-refractivity contribution in [1.29, 1.82) is 0 Å². The fraction of sp³-hybridized carbons (Fsp3) is 0.235. The Kier molecular flexibility index (Phi) is 5.21. The van der Waals surface area contributed by atoms with Crippen molar-refractivity contribution < 1.29 is 0 Å². The number of rotatable bonds is 3. The van der Waals surface area contributed by atoms with Crippen LogP contribution in [0.15, 0.2) is 42.5 Å². The maximum atomic E-state index is 6.02. The van der Waals surface area contributed by atoms with Gasteiger partial charge in [0.05, 0.1) is 0 Å². The molecule has 0 amide bonds. The van der Waals surface area contributed by atoms with Gasteiger partial charge in [0.2, 0.25) is 0 Å². The molecule has 21 heavy (non-hydrogen) atoms. The number of anilines is 2. The van der Waals surface area contributed by atoms with Gasteiger partial charge in [-0.1, -0.05) is 37.6 Å². The second kappa shape index (κ2) is 6.92. The lowest BCUT2D eigenvalue weighted by molar-refractivity contribution is 0.867. The molecule has 0 aliphatic carbocycles. The van der Waals surface area contributed by atoms with Crippen molar-refractivity contribution in [3.63, 3.8) is 0 Å². The first-order chi connectivity index (χ1) is 9.95. The maximum Gasteiger partial charge on any atom is 0.175 e. The average Bonchev–Trinajstić information content (AvgIpc) is 2.43. The molecule has 0 aliphatic heterocycles. The number of nitrogens with one attached hydrogen (secondary N) is 2. The number of halogens is 1. The lowest BCUT2D eigenvalue weighted by atomic mass is 10.0. The summed E-state index contributed by atoms with van der Waals surface area (Å²) in [6.45, 7) is 6.31. The first kappa shape index (κ1) is 15.8. The topological polar surface area (TPSA) is 24.1 Å². The van der Waals surface area contributed by atoms with Crippen molar-refractivity contribution in [1.82, 2.24) is 0 Å². The van der Waals surface area contributed by atoms with Crippen LogP contribution in [0.5, 0.6) is 0 Å². The van der Waals surface area contributed by atoms with Crippen LogP contribution in [0.25, 0.3) is 0 Å². The molecule has 2 nitrogen and oxygen atoms in total. The summed E-state index contributed by atoms with van der Waals surface area (Å²) in [4.78, 5) is 0. The summed E-state index contributed by atoms with van der Waals surface area (Å²) in [5.41, 5.74) is 4.22. The minimum Gasteiger partial charge on any atom is -0.332 e. The molecule has 0 bridgehead atoms. The summed E-state index contributed by atoms with van der Waals surface area (Å²) >= 11 is 11.4. The Labute approximate surface area is 136 Å². The second-order valence-electron chi connectivity index (χ2n) is 5.32. The van der Waals surface area contributed by atoms with Gasteiger partial charge in [-0.3, -0.25) is 0 Å². The molecule has 4 heteroatoms. The zero-order valence-electron chi connectivity index (χ0n) is 12.4. The van der Waals surface area contributed by atoms with E-state index < -0.39 is 0 Å². The zero-order valence-corrected chi connectivity index (χ0v) is 14.0. The minimum absolute atomic E-state index is 0.493. The van der Waals surface area contributed by atoms with E-state index in [9.17, 15) is 0 Å². The number of hydrogen-bond acceptors (Lipinski definition) is 1. The third-order valence-electron chi connectivity index (χ3n) is 3.23. The molecular formula is C17H19ClN2S. The summed E-state index contributed by atoms with van der Waals surface area (Å²) in [5.74, 6) is 0.493. The van der Waals surface area contributed by atoms with Gasteiger partial charge in [-0.05, 0) is 66.5 Å². The highest BCUT2D eigenvalue weighted by atomic mass is 35.5. The number of hydrogen-bond donors (Lipinski definition) is 2. The van der Waals surface area contributed by atoms with Crippen LogP contribution in [0.2, 0.25) is 5.02 Å². The van der Waals surface area contributed by atoms with Crippen molar-refractivity contribution in [3.8, 4) is 0 Å². The summed E-state index contributed by atoms with van der Waals surface area (Å²) in [7, 11) is 0. The largest absolute Gasteiger partial charge is 0.332 e. The molecule has 0 fully saturated rings. The molecule has 2 N–H and O–H groups in total. The molecule has 0 heterocycles. The minimum atomic E-state index is 0.493. The smallest absolute Gasteiger partial charge is 0.175 e. The van der Waals surface area contributed by atoms with Crippen molar-refractivity contribution in [2.45, 2.75) is 26.7 Å². The first-order valence-corrected chi connectivity index (χ1v) is 7.68. The highest BCUT2D eigenvalue weighted by Crippen LogP contribution is 2.21. The summed E-state index contributed by atoms with van der Waals surface area (Å²) in [5, 5.41) is 7.70. The third-order valence-corrected chi connectivity index (χ3v) is 3.86. The molecule has 110 valence electrons. The number of benzene rings is 2. The highest BCUT2D eigenvalue weighted by Gasteiger charge is 2.03. The van der Waals surface area contributed by atoms with Crippen molar-refractivity contribution >= 4 is 40.3 Å². The van der Waals surface area contributed by atoms with E-state index in [2.05, 4.69) is 36.6 Å². The fourth-order valence-electron chi connectivity index (χ4n) is 1.99. The van der Waals surface area contributed by atoms with Crippen molar-refractivity contribution in [3.05, 3.63) is 58.6 Å². The Bertz CT molecular complexity index is 653. The fourth-order valence-corrected chi connectivity index (χ4v) is 2.34. The van der Waals surface area contributed by atoms with Gasteiger partial charge in [-0.2, -0.15) is 0 Å². The van der Waals surface area contributed by atoms with E-state index >= 15 is 0 Å². The van der Waals surface area contributed by atoms with E-state index in [0.29, 0.717) is 11.0 Å². The molecule has 0 saturated heterocycles.